The summed E-state index contributed by atoms with van der Waals surface area (Å²) in [6.45, 7) is 0. The number of alkyl halides is 2. The molecule has 0 amide bonds. The van der Waals surface area contributed by atoms with E-state index in [0.717, 1.165) is 18.2 Å². The summed E-state index contributed by atoms with van der Waals surface area (Å²) in [5.74, 6) is -6.53. The Labute approximate surface area is 89.5 Å². The lowest BCUT2D eigenvalue weighted by atomic mass is 10.0. The van der Waals surface area contributed by atoms with Crippen LogP contribution in [0, 0.1) is 5.82 Å². The van der Waals surface area contributed by atoms with Crippen LogP contribution in [0.25, 0.3) is 0 Å². The maximum atomic E-state index is 13.2. The van der Waals surface area contributed by atoms with Crippen LogP contribution in [0.4, 0.5) is 13.2 Å². The van der Waals surface area contributed by atoms with E-state index in [1.165, 1.54) is 7.11 Å². The van der Waals surface area contributed by atoms with Crippen molar-refractivity contribution in [3.8, 4) is 5.75 Å². The highest BCUT2D eigenvalue weighted by Crippen LogP contribution is 2.34. The smallest absolute Gasteiger partial charge is 0.309 e. The standard InChI is InChI=1S/C10H9F3O3/c1-16-6-2-3-7(8(11)4-6)10(12,13)5-9(14)15/h2-4H,5H2,1H3,(H,14,15). The highest BCUT2D eigenvalue weighted by Gasteiger charge is 2.37. The van der Waals surface area contributed by atoms with Crippen LogP contribution in [-0.2, 0) is 10.7 Å². The van der Waals surface area contributed by atoms with E-state index in [2.05, 4.69) is 4.74 Å². The second-order valence-electron chi connectivity index (χ2n) is 3.12. The molecule has 6 heteroatoms. The second kappa shape index (κ2) is 4.42. The molecular weight excluding hydrogens is 225 g/mol. The van der Waals surface area contributed by atoms with Crippen LogP contribution >= 0.6 is 0 Å². The minimum Gasteiger partial charge on any atom is -0.497 e. The van der Waals surface area contributed by atoms with Gasteiger partial charge < -0.3 is 9.84 Å². The number of aliphatic carboxylic acids is 1. The Morgan fingerprint density at radius 2 is 2.12 bits per heavy atom. The Morgan fingerprint density at radius 1 is 1.50 bits per heavy atom. The Balaban J connectivity index is 3.08. The lowest BCUT2D eigenvalue weighted by Crippen LogP contribution is -2.20. The molecular formula is C10H9F3O3. The summed E-state index contributed by atoms with van der Waals surface area (Å²) in [6, 6.07) is 2.75. The molecule has 88 valence electrons. The molecule has 0 unspecified atom stereocenters. The van der Waals surface area contributed by atoms with Gasteiger partial charge in [-0.15, -0.1) is 0 Å². The molecule has 0 radical (unpaired) electrons. The fraction of sp³-hybridized carbons (Fsp3) is 0.300. The molecule has 3 nitrogen and oxygen atoms in total. The van der Waals surface area contributed by atoms with Gasteiger partial charge in [-0.1, -0.05) is 0 Å². The molecule has 1 aromatic rings. The molecule has 1 rings (SSSR count). The largest absolute Gasteiger partial charge is 0.497 e. The van der Waals surface area contributed by atoms with Gasteiger partial charge in [0.15, 0.2) is 0 Å². The van der Waals surface area contributed by atoms with Gasteiger partial charge >= 0.3 is 5.97 Å². The van der Waals surface area contributed by atoms with Crippen LogP contribution in [0.15, 0.2) is 18.2 Å². The van der Waals surface area contributed by atoms with E-state index >= 15 is 0 Å². The van der Waals surface area contributed by atoms with Gasteiger partial charge in [-0.25, -0.2) is 13.2 Å². The number of methoxy groups -OCH3 is 1. The number of carbonyl (C=O) groups is 1. The zero-order valence-corrected chi connectivity index (χ0v) is 8.34. The molecule has 0 aliphatic rings. The molecule has 0 heterocycles. The molecule has 0 saturated carbocycles. The molecule has 0 spiro atoms. The van der Waals surface area contributed by atoms with E-state index in [1.807, 2.05) is 0 Å². The SMILES string of the molecule is COc1ccc(C(F)(F)CC(=O)O)c(F)c1. The maximum Gasteiger partial charge on any atom is 0.309 e. The average molecular weight is 234 g/mol. The number of benzene rings is 1. The monoisotopic (exact) mass is 234 g/mol. The van der Waals surface area contributed by atoms with Crippen molar-refractivity contribution in [2.45, 2.75) is 12.3 Å². The second-order valence-corrected chi connectivity index (χ2v) is 3.12. The quantitative estimate of drug-likeness (QED) is 0.870. The summed E-state index contributed by atoms with van der Waals surface area (Å²) in [5.41, 5.74) is -0.948. The molecule has 0 atom stereocenters. The summed E-state index contributed by atoms with van der Waals surface area (Å²) in [5, 5.41) is 8.27. The van der Waals surface area contributed by atoms with Gasteiger partial charge in [0, 0.05) is 6.07 Å². The third-order valence-corrected chi connectivity index (χ3v) is 1.94. The van der Waals surface area contributed by atoms with Crippen molar-refractivity contribution < 1.29 is 27.8 Å². The Hall–Kier alpha value is -1.72. The number of halogens is 3. The van der Waals surface area contributed by atoms with E-state index in [0.29, 0.717) is 0 Å². The molecule has 0 saturated heterocycles. The van der Waals surface area contributed by atoms with Crippen LogP contribution in [0.1, 0.15) is 12.0 Å². The zero-order valence-electron chi connectivity index (χ0n) is 8.34. The van der Waals surface area contributed by atoms with Gasteiger partial charge in [-0.2, -0.15) is 0 Å². The van der Waals surface area contributed by atoms with Crippen molar-refractivity contribution in [3.63, 3.8) is 0 Å². The van der Waals surface area contributed by atoms with Crippen molar-refractivity contribution in [2.24, 2.45) is 0 Å². The predicted molar refractivity (Wildman–Crippen MR) is 49.1 cm³/mol. The molecule has 1 N–H and O–H groups in total. The minimum absolute atomic E-state index is 0.0902. The Morgan fingerprint density at radius 3 is 2.56 bits per heavy atom. The zero-order chi connectivity index (χ0) is 12.3. The average Bonchev–Trinajstić information content (AvgIpc) is 2.14. The number of carboxylic acids is 1. The van der Waals surface area contributed by atoms with Crippen molar-refractivity contribution in [3.05, 3.63) is 29.6 Å². The Kier molecular flexibility index (Phi) is 3.41. The highest BCUT2D eigenvalue weighted by atomic mass is 19.3. The van der Waals surface area contributed by atoms with Gasteiger partial charge in [-0.05, 0) is 12.1 Å². The predicted octanol–water partition coefficient (Wildman–Crippen LogP) is 2.40. The first-order valence-electron chi connectivity index (χ1n) is 4.30. The molecule has 0 aliphatic heterocycles. The normalized spacial score (nSPS) is 11.2. The van der Waals surface area contributed by atoms with Crippen molar-refractivity contribution in [1.29, 1.82) is 0 Å². The molecule has 16 heavy (non-hydrogen) atoms. The fourth-order valence-electron chi connectivity index (χ4n) is 1.20. The van der Waals surface area contributed by atoms with Crippen LogP contribution in [0.5, 0.6) is 5.75 Å². The first-order valence-corrected chi connectivity index (χ1v) is 4.30. The van der Waals surface area contributed by atoms with Crippen molar-refractivity contribution in [2.75, 3.05) is 7.11 Å². The van der Waals surface area contributed by atoms with E-state index in [-0.39, 0.29) is 5.75 Å². The number of ether oxygens (including phenoxy) is 1. The molecule has 1 aromatic carbocycles. The lowest BCUT2D eigenvalue weighted by Gasteiger charge is -2.15. The van der Waals surface area contributed by atoms with Gasteiger partial charge in [0.05, 0.1) is 12.7 Å². The van der Waals surface area contributed by atoms with Crippen LogP contribution < -0.4 is 4.74 Å². The third kappa shape index (κ3) is 2.65. The summed E-state index contributed by atoms with van der Waals surface area (Å²) >= 11 is 0. The number of carboxylic acid groups (broad SMARTS) is 1. The summed E-state index contributed by atoms with van der Waals surface area (Å²) in [6.07, 6.45) is -1.45. The highest BCUT2D eigenvalue weighted by molar-refractivity contribution is 5.68. The number of rotatable bonds is 4. The molecule has 0 aromatic heterocycles. The van der Waals surface area contributed by atoms with Crippen molar-refractivity contribution >= 4 is 5.97 Å². The van der Waals surface area contributed by atoms with E-state index < -0.39 is 29.7 Å². The van der Waals surface area contributed by atoms with Crippen molar-refractivity contribution in [1.82, 2.24) is 0 Å². The van der Waals surface area contributed by atoms with Crippen LogP contribution in [-0.4, -0.2) is 18.2 Å². The minimum atomic E-state index is -3.73. The van der Waals surface area contributed by atoms with E-state index in [1.54, 1.807) is 0 Å². The molecule has 0 aliphatic carbocycles. The maximum absolute atomic E-state index is 13.2. The van der Waals surface area contributed by atoms with Crippen LogP contribution in [0.3, 0.4) is 0 Å². The fourth-order valence-corrected chi connectivity index (χ4v) is 1.20. The first-order chi connectivity index (χ1) is 7.36. The van der Waals surface area contributed by atoms with Gasteiger partial charge in [0.2, 0.25) is 0 Å². The number of hydrogen-bond acceptors (Lipinski definition) is 2. The number of hydrogen-bond donors (Lipinski definition) is 1. The van der Waals surface area contributed by atoms with Gasteiger partial charge in [0.25, 0.3) is 5.92 Å². The lowest BCUT2D eigenvalue weighted by molar-refractivity contribution is -0.145. The van der Waals surface area contributed by atoms with E-state index in [4.69, 9.17) is 5.11 Å². The topological polar surface area (TPSA) is 46.5 Å². The summed E-state index contributed by atoms with van der Waals surface area (Å²) in [7, 11) is 1.27. The van der Waals surface area contributed by atoms with Crippen LogP contribution in [0.2, 0.25) is 0 Å². The third-order valence-electron chi connectivity index (χ3n) is 1.94. The Bertz CT molecular complexity index is 404. The molecule has 0 bridgehead atoms. The summed E-state index contributed by atoms with van der Waals surface area (Å²) in [4.78, 5) is 10.2. The van der Waals surface area contributed by atoms with Gasteiger partial charge in [-0.3, -0.25) is 4.79 Å². The summed E-state index contributed by atoms with van der Waals surface area (Å²) < 4.78 is 44.4. The molecule has 0 fully saturated rings. The first kappa shape index (κ1) is 12.4. The van der Waals surface area contributed by atoms with Gasteiger partial charge in [0.1, 0.15) is 18.0 Å². The van der Waals surface area contributed by atoms with E-state index in [9.17, 15) is 18.0 Å².